The van der Waals surface area contributed by atoms with Crippen LogP contribution in [0.3, 0.4) is 0 Å². The van der Waals surface area contributed by atoms with Crippen LogP contribution in [0.4, 0.5) is 11.4 Å². The van der Waals surface area contributed by atoms with Gasteiger partial charge in [-0.25, -0.2) is 9.89 Å². The van der Waals surface area contributed by atoms with Gasteiger partial charge >= 0.3 is 5.69 Å². The number of nitro benzene ring substituents is 1. The third-order valence-corrected chi connectivity index (χ3v) is 6.19. The summed E-state index contributed by atoms with van der Waals surface area (Å²) in [6, 6.07) is 15.9. The van der Waals surface area contributed by atoms with Gasteiger partial charge in [-0.2, -0.15) is 0 Å². The largest absolute Gasteiger partial charge is 0.343 e. The van der Waals surface area contributed by atoms with Gasteiger partial charge in [0.25, 0.3) is 5.69 Å². The number of aromatic amines is 1. The molecule has 1 aromatic heterocycles. The van der Waals surface area contributed by atoms with Crippen molar-refractivity contribution in [3.8, 4) is 0 Å². The summed E-state index contributed by atoms with van der Waals surface area (Å²) in [7, 11) is 0. The molecule has 30 heavy (non-hydrogen) atoms. The van der Waals surface area contributed by atoms with Gasteiger partial charge in [0, 0.05) is 25.2 Å². The van der Waals surface area contributed by atoms with Gasteiger partial charge in [-0.05, 0) is 24.5 Å². The van der Waals surface area contributed by atoms with Crippen molar-refractivity contribution in [2.75, 3.05) is 11.4 Å². The average molecular weight is 425 g/mol. The number of carbonyl (C=O) groups excluding carboxylic acids is 1. The molecule has 1 saturated heterocycles. The first kappa shape index (κ1) is 19.9. The molecule has 1 fully saturated rings. The maximum atomic E-state index is 12.9. The van der Waals surface area contributed by atoms with Crippen LogP contribution >= 0.6 is 11.8 Å². The predicted molar refractivity (Wildman–Crippen MR) is 113 cm³/mol. The van der Waals surface area contributed by atoms with E-state index >= 15 is 0 Å². The second-order valence-electron chi connectivity index (χ2n) is 6.86. The van der Waals surface area contributed by atoms with E-state index in [1.807, 2.05) is 30.3 Å². The van der Waals surface area contributed by atoms with Crippen LogP contribution in [-0.2, 0) is 17.8 Å². The van der Waals surface area contributed by atoms with Gasteiger partial charge in [0.05, 0.1) is 15.9 Å². The molecule has 10 heteroatoms. The maximum absolute atomic E-state index is 12.9. The number of nitrogens with one attached hydrogen (secondary N) is 1. The van der Waals surface area contributed by atoms with E-state index in [0.29, 0.717) is 36.8 Å². The minimum atomic E-state index is -0.481. The predicted octanol–water partition coefficient (Wildman–Crippen LogP) is 2.62. The normalized spacial score (nSPS) is 16.2. The summed E-state index contributed by atoms with van der Waals surface area (Å²) < 4.78 is 1.54. The quantitative estimate of drug-likeness (QED) is 0.460. The SMILES string of the molecule is O=C1C(Sc2n[nH]c(=O)n2CCc2ccccc2)CCN1c1cccc([N+](=O)[O-])c1. The molecule has 4 rings (SSSR count). The van der Waals surface area contributed by atoms with E-state index in [-0.39, 0.29) is 17.3 Å². The van der Waals surface area contributed by atoms with E-state index in [1.54, 1.807) is 21.6 Å². The number of H-pyrrole nitrogens is 1. The number of thioether (sulfide) groups is 1. The Kier molecular flexibility index (Phi) is 5.66. The number of aromatic nitrogens is 3. The first-order chi connectivity index (χ1) is 14.5. The number of nitrogens with zero attached hydrogens (tertiary/aromatic N) is 4. The number of nitro groups is 1. The van der Waals surface area contributed by atoms with Gasteiger partial charge < -0.3 is 4.90 Å². The van der Waals surface area contributed by atoms with Crippen LogP contribution in [0.2, 0.25) is 0 Å². The molecular formula is C20H19N5O4S. The van der Waals surface area contributed by atoms with E-state index in [1.165, 1.54) is 23.9 Å². The fraction of sp³-hybridized carbons (Fsp3) is 0.250. The van der Waals surface area contributed by atoms with Crippen molar-refractivity contribution in [2.24, 2.45) is 0 Å². The monoisotopic (exact) mass is 425 g/mol. The number of hydrogen-bond acceptors (Lipinski definition) is 6. The summed E-state index contributed by atoms with van der Waals surface area (Å²) in [5, 5.41) is 17.6. The van der Waals surface area contributed by atoms with Gasteiger partial charge in [-0.1, -0.05) is 48.2 Å². The molecule has 1 atom stereocenters. The molecule has 0 aliphatic carbocycles. The molecule has 0 radical (unpaired) electrons. The molecule has 0 saturated carbocycles. The molecule has 154 valence electrons. The van der Waals surface area contributed by atoms with E-state index in [2.05, 4.69) is 10.2 Å². The molecule has 0 spiro atoms. The molecule has 0 bridgehead atoms. The summed E-state index contributed by atoms with van der Waals surface area (Å²) in [5.41, 5.74) is 1.24. The van der Waals surface area contributed by atoms with Gasteiger partial charge in [-0.3, -0.25) is 19.5 Å². The average Bonchev–Trinajstić information content (AvgIpc) is 3.30. The summed E-state index contributed by atoms with van der Waals surface area (Å²) in [4.78, 5) is 37.2. The van der Waals surface area contributed by atoms with E-state index in [4.69, 9.17) is 0 Å². The number of benzene rings is 2. The summed E-state index contributed by atoms with van der Waals surface area (Å²) >= 11 is 1.25. The van der Waals surface area contributed by atoms with Crippen LogP contribution in [-0.4, -0.2) is 37.4 Å². The molecule has 1 amide bonds. The van der Waals surface area contributed by atoms with Crippen molar-refractivity contribution < 1.29 is 9.72 Å². The molecular weight excluding hydrogens is 406 g/mol. The number of aryl methyl sites for hydroxylation is 1. The Hall–Kier alpha value is -3.40. The number of non-ortho nitro benzene ring substituents is 1. The molecule has 1 aliphatic rings. The topological polar surface area (TPSA) is 114 Å². The Labute approximate surface area is 175 Å². The number of hydrogen-bond donors (Lipinski definition) is 1. The summed E-state index contributed by atoms with van der Waals surface area (Å²) in [5.74, 6) is -0.148. The van der Waals surface area contributed by atoms with Crippen LogP contribution in [0.15, 0.2) is 64.5 Å². The Morgan fingerprint density at radius 1 is 1.17 bits per heavy atom. The van der Waals surface area contributed by atoms with Crippen LogP contribution in [0.5, 0.6) is 0 Å². The second kappa shape index (κ2) is 8.54. The Bertz CT molecular complexity index is 1130. The lowest BCUT2D eigenvalue weighted by molar-refractivity contribution is -0.384. The van der Waals surface area contributed by atoms with Crippen LogP contribution in [0, 0.1) is 10.1 Å². The zero-order chi connectivity index (χ0) is 21.1. The lowest BCUT2D eigenvalue weighted by Gasteiger charge is -2.16. The first-order valence-corrected chi connectivity index (χ1v) is 10.3. The van der Waals surface area contributed by atoms with Crippen molar-refractivity contribution in [1.29, 1.82) is 0 Å². The number of amides is 1. The van der Waals surface area contributed by atoms with Crippen molar-refractivity contribution in [3.63, 3.8) is 0 Å². The Morgan fingerprint density at radius 2 is 1.97 bits per heavy atom. The minimum Gasteiger partial charge on any atom is -0.311 e. The lowest BCUT2D eigenvalue weighted by atomic mass is 10.1. The van der Waals surface area contributed by atoms with Crippen LogP contribution < -0.4 is 10.6 Å². The molecule has 1 unspecified atom stereocenters. The molecule has 3 aromatic rings. The fourth-order valence-corrected chi connectivity index (χ4v) is 4.50. The Balaban J connectivity index is 1.47. The van der Waals surface area contributed by atoms with Crippen LogP contribution in [0.1, 0.15) is 12.0 Å². The maximum Gasteiger partial charge on any atom is 0.343 e. The molecule has 2 heterocycles. The molecule has 2 aromatic carbocycles. The van der Waals surface area contributed by atoms with E-state index < -0.39 is 10.2 Å². The first-order valence-electron chi connectivity index (χ1n) is 9.44. The van der Waals surface area contributed by atoms with Crippen molar-refractivity contribution in [2.45, 2.75) is 29.8 Å². The fourth-order valence-electron chi connectivity index (χ4n) is 3.40. The zero-order valence-corrected chi connectivity index (χ0v) is 16.7. The third kappa shape index (κ3) is 4.13. The molecule has 1 N–H and O–H groups in total. The smallest absolute Gasteiger partial charge is 0.311 e. The zero-order valence-electron chi connectivity index (χ0n) is 15.9. The highest BCUT2D eigenvalue weighted by molar-refractivity contribution is 8.00. The summed E-state index contributed by atoms with van der Waals surface area (Å²) in [6.45, 7) is 0.910. The third-order valence-electron chi connectivity index (χ3n) is 4.95. The number of anilines is 1. The second-order valence-corrected chi connectivity index (χ2v) is 8.03. The summed E-state index contributed by atoms with van der Waals surface area (Å²) in [6.07, 6.45) is 1.23. The Morgan fingerprint density at radius 3 is 2.73 bits per heavy atom. The number of carbonyl (C=O) groups is 1. The number of rotatable bonds is 7. The van der Waals surface area contributed by atoms with Crippen molar-refractivity contribution in [3.05, 3.63) is 80.8 Å². The lowest BCUT2D eigenvalue weighted by Crippen LogP contribution is -2.28. The van der Waals surface area contributed by atoms with E-state index in [0.717, 1.165) is 5.56 Å². The standard InChI is InChI=1S/C20H19N5O4S/c26-18-17(10-12-23(18)15-7-4-8-16(13-15)25(28)29)30-20-22-21-19(27)24(20)11-9-14-5-2-1-3-6-14/h1-8,13,17H,9-12H2,(H,21,27). The highest BCUT2D eigenvalue weighted by Gasteiger charge is 2.35. The van der Waals surface area contributed by atoms with E-state index in [9.17, 15) is 19.7 Å². The van der Waals surface area contributed by atoms with Gasteiger partial charge in [0.2, 0.25) is 5.91 Å². The van der Waals surface area contributed by atoms with Crippen molar-refractivity contribution in [1.82, 2.24) is 14.8 Å². The van der Waals surface area contributed by atoms with Gasteiger partial charge in [0.15, 0.2) is 5.16 Å². The highest BCUT2D eigenvalue weighted by atomic mass is 32.2. The minimum absolute atomic E-state index is 0.0570. The highest BCUT2D eigenvalue weighted by Crippen LogP contribution is 2.33. The van der Waals surface area contributed by atoms with Gasteiger partial charge in [-0.15, -0.1) is 5.10 Å². The van der Waals surface area contributed by atoms with Crippen LogP contribution in [0.25, 0.3) is 0 Å². The molecule has 1 aliphatic heterocycles. The van der Waals surface area contributed by atoms with Gasteiger partial charge in [0.1, 0.15) is 0 Å². The van der Waals surface area contributed by atoms with Crippen molar-refractivity contribution >= 4 is 29.0 Å². The molecule has 9 nitrogen and oxygen atoms in total.